The third-order valence-electron chi connectivity index (χ3n) is 6.94. The second kappa shape index (κ2) is 10.3. The Morgan fingerprint density at radius 3 is 1.87 bits per heavy atom. The van der Waals surface area contributed by atoms with E-state index in [1.165, 1.54) is 0 Å². The zero-order chi connectivity index (χ0) is 26.9. The molecule has 1 aliphatic rings. The van der Waals surface area contributed by atoms with Crippen LogP contribution in [0.5, 0.6) is 0 Å². The van der Waals surface area contributed by atoms with Crippen LogP contribution in [-0.2, 0) is 19.7 Å². The zero-order valence-electron chi connectivity index (χ0n) is 21.2. The van der Waals surface area contributed by atoms with Crippen LogP contribution in [0.1, 0.15) is 22.7 Å². The molecule has 0 spiro atoms. The Morgan fingerprint density at radius 2 is 1.24 bits per heavy atom. The van der Waals surface area contributed by atoms with E-state index in [-0.39, 0.29) is 15.5 Å². The van der Waals surface area contributed by atoms with Gasteiger partial charge < -0.3 is 10.6 Å². The number of aryl methyl sites for hydroxylation is 2. The first-order valence-electron chi connectivity index (χ1n) is 12.4. The molecule has 4 aromatic carbocycles. The minimum Gasteiger partial charge on any atom is -0.380 e. The maximum Gasteiger partial charge on any atom is 0.185 e. The van der Waals surface area contributed by atoms with Crippen molar-refractivity contribution in [3.05, 3.63) is 120 Å². The quantitative estimate of drug-likeness (QED) is 0.315. The summed E-state index contributed by atoms with van der Waals surface area (Å²) in [5, 5.41) is 5.60. The van der Waals surface area contributed by atoms with Crippen molar-refractivity contribution in [1.29, 1.82) is 0 Å². The van der Waals surface area contributed by atoms with Crippen LogP contribution in [0.2, 0.25) is 0 Å². The predicted octanol–water partition coefficient (Wildman–Crippen LogP) is 5.57. The van der Waals surface area contributed by atoms with Crippen LogP contribution in [0.15, 0.2) is 113 Å². The molecule has 0 amide bonds. The molecule has 4 aromatic rings. The van der Waals surface area contributed by atoms with E-state index in [2.05, 4.69) is 10.6 Å². The van der Waals surface area contributed by atoms with Gasteiger partial charge in [-0.15, -0.1) is 0 Å². The van der Waals surface area contributed by atoms with Gasteiger partial charge in [0, 0.05) is 11.4 Å². The van der Waals surface area contributed by atoms with Crippen LogP contribution in [-0.4, -0.2) is 33.9 Å². The van der Waals surface area contributed by atoms with Crippen molar-refractivity contribution in [3.8, 4) is 0 Å². The highest BCUT2D eigenvalue weighted by atomic mass is 32.2. The van der Waals surface area contributed by atoms with Crippen LogP contribution >= 0.6 is 0 Å². The zero-order valence-corrected chi connectivity index (χ0v) is 22.8. The number of rotatable bonds is 7. The molecule has 8 heteroatoms. The normalized spacial score (nSPS) is 19.3. The minimum atomic E-state index is -3.99. The molecule has 0 fully saturated rings. The second-order valence-corrected chi connectivity index (χ2v) is 13.9. The number of sulfone groups is 2. The summed E-state index contributed by atoms with van der Waals surface area (Å²) in [7, 11) is -7.80. The van der Waals surface area contributed by atoms with Gasteiger partial charge in [-0.2, -0.15) is 0 Å². The summed E-state index contributed by atoms with van der Waals surface area (Å²) in [6, 6.07) is 28.6. The summed E-state index contributed by atoms with van der Waals surface area (Å²) < 4.78 is 55.8. The van der Waals surface area contributed by atoms with Crippen molar-refractivity contribution in [2.45, 2.75) is 41.0 Å². The van der Waals surface area contributed by atoms with Crippen molar-refractivity contribution in [2.24, 2.45) is 0 Å². The summed E-state index contributed by atoms with van der Waals surface area (Å²) in [5.41, 5.74) is 4.11. The highest BCUT2D eigenvalue weighted by Crippen LogP contribution is 2.41. The lowest BCUT2D eigenvalue weighted by atomic mass is 9.92. The average Bonchev–Trinajstić information content (AvgIpc) is 2.89. The first-order valence-corrected chi connectivity index (χ1v) is 15.6. The first-order chi connectivity index (χ1) is 18.1. The number of anilines is 2. The van der Waals surface area contributed by atoms with E-state index < -0.39 is 37.0 Å². The van der Waals surface area contributed by atoms with E-state index in [1.54, 1.807) is 48.5 Å². The SMILES string of the molecule is Cc1ccc(S(=O)(=O)CC2Nc3ccccc3C(Nc3ccccc3)C2S(=O)(=O)c2ccc(C)cc2)cc1. The highest BCUT2D eigenvalue weighted by molar-refractivity contribution is 7.93. The fourth-order valence-electron chi connectivity index (χ4n) is 4.96. The Hall–Kier alpha value is -3.62. The standard InChI is InChI=1S/C30H30N2O4S2/c1-21-12-16-24(17-13-21)37(33,34)20-28-30(38(35,36)25-18-14-22(2)15-19-25)29(31-23-8-4-3-5-9-23)26-10-6-7-11-27(26)32-28/h3-19,28-32H,20H2,1-2H3. The van der Waals surface area contributed by atoms with Gasteiger partial charge >= 0.3 is 0 Å². The van der Waals surface area contributed by atoms with Gasteiger partial charge in [-0.3, -0.25) is 0 Å². The molecule has 2 N–H and O–H groups in total. The number of para-hydroxylation sites is 2. The predicted molar refractivity (Wildman–Crippen MR) is 152 cm³/mol. The molecule has 3 unspecified atom stereocenters. The largest absolute Gasteiger partial charge is 0.380 e. The van der Waals surface area contributed by atoms with E-state index in [0.717, 1.165) is 22.4 Å². The van der Waals surface area contributed by atoms with Gasteiger partial charge in [0.25, 0.3) is 0 Å². The minimum absolute atomic E-state index is 0.159. The average molecular weight is 547 g/mol. The third kappa shape index (κ3) is 5.19. The van der Waals surface area contributed by atoms with Crippen LogP contribution in [0.3, 0.4) is 0 Å². The van der Waals surface area contributed by atoms with Gasteiger partial charge in [0.1, 0.15) is 5.25 Å². The lowest BCUT2D eigenvalue weighted by molar-refractivity contribution is 0.528. The molecule has 5 rings (SSSR count). The van der Waals surface area contributed by atoms with Gasteiger partial charge in [0.15, 0.2) is 19.7 Å². The van der Waals surface area contributed by atoms with E-state index in [4.69, 9.17) is 0 Å². The monoisotopic (exact) mass is 546 g/mol. The summed E-state index contributed by atoms with van der Waals surface area (Å²) >= 11 is 0. The van der Waals surface area contributed by atoms with E-state index in [9.17, 15) is 16.8 Å². The molecule has 1 heterocycles. The Morgan fingerprint density at radius 1 is 0.684 bits per heavy atom. The molecule has 0 aromatic heterocycles. The van der Waals surface area contributed by atoms with Gasteiger partial charge in [-0.05, 0) is 61.9 Å². The Balaban J connectivity index is 1.65. The molecule has 38 heavy (non-hydrogen) atoms. The number of benzene rings is 4. The molecular formula is C30H30N2O4S2. The smallest absolute Gasteiger partial charge is 0.185 e. The van der Waals surface area contributed by atoms with Gasteiger partial charge in [-0.1, -0.05) is 71.8 Å². The Bertz CT molecular complexity index is 1640. The number of nitrogens with one attached hydrogen (secondary N) is 2. The van der Waals surface area contributed by atoms with E-state index in [0.29, 0.717) is 5.69 Å². The lowest BCUT2D eigenvalue weighted by Gasteiger charge is -2.40. The van der Waals surface area contributed by atoms with Gasteiger partial charge in [0.2, 0.25) is 0 Å². The highest BCUT2D eigenvalue weighted by Gasteiger charge is 2.47. The topological polar surface area (TPSA) is 92.3 Å². The van der Waals surface area contributed by atoms with Crippen LogP contribution in [0, 0.1) is 13.8 Å². The van der Waals surface area contributed by atoms with Crippen molar-refractivity contribution in [2.75, 3.05) is 16.4 Å². The fraction of sp³-hybridized carbons (Fsp3) is 0.200. The maximum absolute atomic E-state index is 14.3. The summed E-state index contributed by atoms with van der Waals surface area (Å²) in [6.07, 6.45) is 0. The Kier molecular flexibility index (Phi) is 7.03. The summed E-state index contributed by atoms with van der Waals surface area (Å²) in [6.45, 7) is 3.78. The molecule has 196 valence electrons. The number of hydrogen-bond donors (Lipinski definition) is 2. The van der Waals surface area contributed by atoms with E-state index in [1.807, 2.05) is 68.4 Å². The van der Waals surface area contributed by atoms with Crippen molar-refractivity contribution in [1.82, 2.24) is 0 Å². The molecule has 3 atom stereocenters. The molecule has 0 saturated carbocycles. The second-order valence-electron chi connectivity index (χ2n) is 9.74. The van der Waals surface area contributed by atoms with Crippen molar-refractivity contribution in [3.63, 3.8) is 0 Å². The molecule has 0 aliphatic carbocycles. The van der Waals surface area contributed by atoms with Crippen molar-refractivity contribution >= 4 is 31.0 Å². The lowest BCUT2D eigenvalue weighted by Crippen LogP contribution is -2.52. The summed E-state index contributed by atoms with van der Waals surface area (Å²) in [4.78, 5) is 0.328. The molecule has 0 saturated heterocycles. The van der Waals surface area contributed by atoms with Crippen LogP contribution in [0.25, 0.3) is 0 Å². The Labute approximate surface area is 224 Å². The number of fused-ring (bicyclic) bond motifs is 1. The molecule has 0 radical (unpaired) electrons. The third-order valence-corrected chi connectivity index (χ3v) is 11.0. The molecule has 0 bridgehead atoms. The number of hydrogen-bond acceptors (Lipinski definition) is 6. The molecular weight excluding hydrogens is 516 g/mol. The maximum atomic E-state index is 14.3. The van der Waals surface area contributed by atoms with Gasteiger partial charge in [0.05, 0.1) is 27.6 Å². The van der Waals surface area contributed by atoms with Crippen molar-refractivity contribution < 1.29 is 16.8 Å². The molecule has 1 aliphatic heterocycles. The first kappa shape index (κ1) is 26.0. The van der Waals surface area contributed by atoms with Gasteiger partial charge in [-0.25, -0.2) is 16.8 Å². The van der Waals surface area contributed by atoms with Crippen LogP contribution in [0.4, 0.5) is 11.4 Å². The van der Waals surface area contributed by atoms with Crippen LogP contribution < -0.4 is 10.6 Å². The molecule has 6 nitrogen and oxygen atoms in total. The fourth-order valence-corrected chi connectivity index (χ4v) is 8.59. The summed E-state index contributed by atoms with van der Waals surface area (Å²) in [5.74, 6) is -0.382. The van der Waals surface area contributed by atoms with E-state index >= 15 is 0 Å².